The molecular weight excluding hydrogens is 465 g/mol. The Morgan fingerprint density at radius 3 is 2.48 bits per heavy atom. The van der Waals surface area contributed by atoms with Crippen LogP contribution in [0.15, 0.2) is 42.5 Å². The van der Waals surface area contributed by atoms with Crippen molar-refractivity contribution in [3.05, 3.63) is 58.1 Å². The molecule has 1 heterocycles. The number of rotatable bonds is 9. The third kappa shape index (κ3) is 6.18. The summed E-state index contributed by atoms with van der Waals surface area (Å²) in [5.74, 6) is 1.33. The SMILES string of the molecule is CNN(C(=O)O)C(CC=O)C1CCN(C(C)c2cccc(Oc3ccc(Cl)cc3)c2Cl)CC1. The van der Waals surface area contributed by atoms with Crippen LogP contribution in [0.3, 0.4) is 0 Å². The number of piperidine rings is 1. The monoisotopic (exact) mass is 493 g/mol. The van der Waals surface area contributed by atoms with Gasteiger partial charge in [-0.25, -0.2) is 15.2 Å². The van der Waals surface area contributed by atoms with Gasteiger partial charge in [-0.3, -0.25) is 4.90 Å². The summed E-state index contributed by atoms with van der Waals surface area (Å²) in [7, 11) is 1.56. The normalized spacial score (nSPS) is 16.7. The predicted molar refractivity (Wildman–Crippen MR) is 129 cm³/mol. The minimum Gasteiger partial charge on any atom is -0.464 e. The minimum absolute atomic E-state index is 0.0524. The molecule has 2 atom stereocenters. The lowest BCUT2D eigenvalue weighted by Gasteiger charge is -2.41. The molecule has 0 aliphatic carbocycles. The first-order chi connectivity index (χ1) is 15.8. The molecule has 178 valence electrons. The van der Waals surface area contributed by atoms with Crippen LogP contribution in [-0.2, 0) is 4.79 Å². The van der Waals surface area contributed by atoms with Crippen LogP contribution in [0.1, 0.15) is 37.8 Å². The largest absolute Gasteiger partial charge is 0.464 e. The Hall–Kier alpha value is -2.32. The van der Waals surface area contributed by atoms with Gasteiger partial charge in [0, 0.05) is 24.5 Å². The Kier molecular flexibility index (Phi) is 8.97. The first kappa shape index (κ1) is 25.3. The van der Waals surface area contributed by atoms with E-state index in [1.165, 1.54) is 0 Å². The zero-order chi connectivity index (χ0) is 24.0. The number of nitrogens with zero attached hydrogens (tertiary/aromatic N) is 2. The number of benzene rings is 2. The summed E-state index contributed by atoms with van der Waals surface area (Å²) in [5, 5.41) is 11.8. The van der Waals surface area contributed by atoms with E-state index in [0.29, 0.717) is 21.5 Å². The predicted octanol–water partition coefficient (Wildman–Crippen LogP) is 5.63. The number of carbonyl (C=O) groups excluding carboxylic acids is 1. The highest BCUT2D eigenvalue weighted by molar-refractivity contribution is 6.33. The molecule has 33 heavy (non-hydrogen) atoms. The summed E-state index contributed by atoms with van der Waals surface area (Å²) in [6.45, 7) is 3.65. The van der Waals surface area contributed by atoms with Crippen LogP contribution in [0.25, 0.3) is 0 Å². The maximum Gasteiger partial charge on any atom is 0.422 e. The Morgan fingerprint density at radius 2 is 1.91 bits per heavy atom. The van der Waals surface area contributed by atoms with Crippen LogP contribution >= 0.6 is 23.2 Å². The van der Waals surface area contributed by atoms with E-state index >= 15 is 0 Å². The molecule has 1 saturated heterocycles. The summed E-state index contributed by atoms with van der Waals surface area (Å²) in [4.78, 5) is 25.1. The van der Waals surface area contributed by atoms with Crippen LogP contribution in [0.5, 0.6) is 11.5 Å². The number of carboxylic acid groups (broad SMARTS) is 1. The molecule has 1 aliphatic heterocycles. The molecule has 2 unspecified atom stereocenters. The maximum absolute atomic E-state index is 11.6. The van der Waals surface area contributed by atoms with Crippen molar-refractivity contribution in [2.24, 2.45) is 5.92 Å². The summed E-state index contributed by atoms with van der Waals surface area (Å²) in [6.07, 6.45) is 1.45. The second kappa shape index (κ2) is 11.7. The molecular formula is C24H29Cl2N3O4. The van der Waals surface area contributed by atoms with E-state index in [1.54, 1.807) is 31.3 Å². The lowest BCUT2D eigenvalue weighted by Crippen LogP contribution is -2.52. The maximum atomic E-state index is 11.6. The molecule has 0 bridgehead atoms. The smallest absolute Gasteiger partial charge is 0.422 e. The number of hydrogen-bond acceptors (Lipinski definition) is 5. The number of amides is 1. The molecule has 9 heteroatoms. The van der Waals surface area contributed by atoms with Crippen LogP contribution in [0, 0.1) is 5.92 Å². The number of hydrogen-bond donors (Lipinski definition) is 2. The van der Waals surface area contributed by atoms with Crippen LogP contribution in [-0.4, -0.2) is 53.6 Å². The summed E-state index contributed by atoms with van der Waals surface area (Å²) >= 11 is 12.7. The van der Waals surface area contributed by atoms with Gasteiger partial charge in [0.25, 0.3) is 0 Å². The van der Waals surface area contributed by atoms with Crippen molar-refractivity contribution in [2.45, 2.75) is 38.3 Å². The molecule has 0 radical (unpaired) electrons. The fourth-order valence-electron chi connectivity index (χ4n) is 4.46. The lowest BCUT2D eigenvalue weighted by molar-refractivity contribution is -0.109. The quantitative estimate of drug-likeness (QED) is 0.347. The standard InChI is InChI=1S/C24H29Cl2N3O4/c1-16(20-4-3-5-22(23(20)26)33-19-8-6-18(25)7-9-19)28-13-10-17(11-14-28)21(12-15-30)29(27-2)24(31)32/h3-9,15-17,21,27H,10-14H2,1-2H3,(H,31,32). The molecule has 1 fully saturated rings. The summed E-state index contributed by atoms with van der Waals surface area (Å²) in [5.41, 5.74) is 3.67. The van der Waals surface area contributed by atoms with Gasteiger partial charge in [0.15, 0.2) is 0 Å². The third-order valence-corrected chi connectivity index (χ3v) is 6.92. The zero-order valence-electron chi connectivity index (χ0n) is 18.7. The van der Waals surface area contributed by atoms with Gasteiger partial charge in [-0.15, -0.1) is 0 Å². The fourth-order valence-corrected chi connectivity index (χ4v) is 4.91. The highest BCUT2D eigenvalue weighted by Gasteiger charge is 2.34. The highest BCUT2D eigenvalue weighted by Crippen LogP contribution is 2.38. The number of aldehydes is 1. The van der Waals surface area contributed by atoms with Gasteiger partial charge in [0.05, 0.1) is 11.1 Å². The van der Waals surface area contributed by atoms with E-state index in [0.717, 1.165) is 42.8 Å². The van der Waals surface area contributed by atoms with Crippen LogP contribution in [0.4, 0.5) is 4.79 Å². The molecule has 0 saturated carbocycles. The molecule has 3 rings (SSSR count). The number of nitrogens with one attached hydrogen (secondary N) is 1. The molecule has 2 aromatic carbocycles. The van der Waals surface area contributed by atoms with Gasteiger partial charge >= 0.3 is 6.09 Å². The minimum atomic E-state index is -1.08. The molecule has 0 aromatic heterocycles. The topological polar surface area (TPSA) is 82.1 Å². The Labute approximate surface area is 204 Å². The zero-order valence-corrected chi connectivity index (χ0v) is 20.2. The first-order valence-electron chi connectivity index (χ1n) is 10.9. The van der Waals surface area contributed by atoms with E-state index in [-0.39, 0.29) is 24.4 Å². The molecule has 1 aliphatic rings. The van der Waals surface area contributed by atoms with E-state index in [4.69, 9.17) is 27.9 Å². The Morgan fingerprint density at radius 1 is 1.24 bits per heavy atom. The van der Waals surface area contributed by atoms with Crippen molar-refractivity contribution in [3.63, 3.8) is 0 Å². The van der Waals surface area contributed by atoms with Crippen molar-refractivity contribution in [2.75, 3.05) is 20.1 Å². The third-order valence-electron chi connectivity index (χ3n) is 6.27. The van der Waals surface area contributed by atoms with Crippen molar-refractivity contribution in [1.29, 1.82) is 0 Å². The molecule has 2 aromatic rings. The van der Waals surface area contributed by atoms with Crippen molar-refractivity contribution in [3.8, 4) is 11.5 Å². The Balaban J connectivity index is 1.69. The average Bonchev–Trinajstić information content (AvgIpc) is 2.81. The molecule has 7 nitrogen and oxygen atoms in total. The van der Waals surface area contributed by atoms with E-state index in [1.807, 2.05) is 18.2 Å². The lowest BCUT2D eigenvalue weighted by atomic mass is 9.86. The Bertz CT molecular complexity index is 949. The summed E-state index contributed by atoms with van der Waals surface area (Å²) < 4.78 is 5.97. The van der Waals surface area contributed by atoms with Crippen LogP contribution in [0.2, 0.25) is 10.0 Å². The number of likely N-dealkylation sites (tertiary alicyclic amines) is 1. The van der Waals surface area contributed by atoms with Gasteiger partial charge in [0.2, 0.25) is 0 Å². The number of halogens is 2. The fraction of sp³-hybridized carbons (Fsp3) is 0.417. The van der Waals surface area contributed by atoms with Gasteiger partial charge in [-0.05, 0) is 74.7 Å². The van der Waals surface area contributed by atoms with Crippen molar-refractivity contribution < 1.29 is 19.4 Å². The second-order valence-corrected chi connectivity index (χ2v) is 8.93. The summed E-state index contributed by atoms with van der Waals surface area (Å²) in [6, 6.07) is 12.5. The van der Waals surface area contributed by atoms with Gasteiger partial charge in [0.1, 0.15) is 17.8 Å². The van der Waals surface area contributed by atoms with E-state index < -0.39 is 6.09 Å². The number of hydrazine groups is 1. The van der Waals surface area contributed by atoms with Gasteiger partial charge < -0.3 is 14.6 Å². The van der Waals surface area contributed by atoms with Crippen LogP contribution < -0.4 is 10.2 Å². The van der Waals surface area contributed by atoms with Gasteiger partial charge in [-0.2, -0.15) is 0 Å². The highest BCUT2D eigenvalue weighted by atomic mass is 35.5. The van der Waals surface area contributed by atoms with E-state index in [2.05, 4.69) is 17.2 Å². The van der Waals surface area contributed by atoms with Crippen molar-refractivity contribution >= 4 is 35.6 Å². The first-order valence-corrected chi connectivity index (χ1v) is 11.7. The number of ether oxygens (including phenoxy) is 1. The molecule has 0 spiro atoms. The van der Waals surface area contributed by atoms with Gasteiger partial charge in [-0.1, -0.05) is 35.3 Å². The molecule has 2 N–H and O–H groups in total. The van der Waals surface area contributed by atoms with E-state index in [9.17, 15) is 14.7 Å². The second-order valence-electron chi connectivity index (χ2n) is 8.11. The number of carbonyl (C=O) groups is 2. The molecule has 1 amide bonds. The average molecular weight is 494 g/mol. The van der Waals surface area contributed by atoms with Crippen molar-refractivity contribution in [1.82, 2.24) is 15.3 Å².